The van der Waals surface area contributed by atoms with Gasteiger partial charge in [0.05, 0.1) is 12.3 Å². The molecule has 9 heteroatoms. The fraction of sp³-hybridized carbons (Fsp3) is 0.231. The van der Waals surface area contributed by atoms with Crippen molar-refractivity contribution < 1.29 is 14.3 Å². The van der Waals surface area contributed by atoms with E-state index in [1.165, 1.54) is 11.8 Å². The van der Waals surface area contributed by atoms with Gasteiger partial charge in [-0.3, -0.25) is 14.3 Å². The van der Waals surface area contributed by atoms with Gasteiger partial charge in [-0.05, 0) is 42.3 Å². The Hall–Kier alpha value is -3.85. The van der Waals surface area contributed by atoms with Gasteiger partial charge in [-0.1, -0.05) is 48.2 Å². The molecule has 35 heavy (non-hydrogen) atoms. The summed E-state index contributed by atoms with van der Waals surface area (Å²) in [6.45, 7) is 3.93. The molecule has 0 radical (unpaired) electrons. The average molecular weight is 488 g/mol. The van der Waals surface area contributed by atoms with Crippen molar-refractivity contribution in [3.63, 3.8) is 0 Å². The Balaban J connectivity index is 1.31. The highest BCUT2D eigenvalue weighted by Gasteiger charge is 2.20. The fourth-order valence-corrected chi connectivity index (χ4v) is 4.71. The zero-order valence-electron chi connectivity index (χ0n) is 19.3. The predicted molar refractivity (Wildman–Crippen MR) is 133 cm³/mol. The van der Waals surface area contributed by atoms with Crippen molar-refractivity contribution >= 4 is 17.7 Å². The van der Waals surface area contributed by atoms with E-state index in [1.807, 2.05) is 60.4 Å². The summed E-state index contributed by atoms with van der Waals surface area (Å²) in [6, 6.07) is 19.8. The number of carbonyl (C=O) groups excluding carboxylic acids is 1. The molecule has 8 nitrogen and oxygen atoms in total. The number of hydrogen-bond donors (Lipinski definition) is 0. The molecule has 0 unspecified atom stereocenters. The second kappa shape index (κ2) is 10.6. The predicted octanol–water partition coefficient (Wildman–Crippen LogP) is 4.26. The number of rotatable bonds is 9. The van der Waals surface area contributed by atoms with E-state index in [2.05, 4.69) is 31.9 Å². The summed E-state index contributed by atoms with van der Waals surface area (Å²) in [5.74, 6) is 2.51. The van der Waals surface area contributed by atoms with Crippen molar-refractivity contribution in [3.8, 4) is 22.9 Å². The van der Waals surface area contributed by atoms with Crippen LogP contribution in [0.5, 0.6) is 11.5 Å². The molecule has 2 aromatic heterocycles. The van der Waals surface area contributed by atoms with Crippen molar-refractivity contribution in [1.82, 2.24) is 24.6 Å². The SMILES string of the molecule is CCN(Cc1ccc2c(c1)OCO2)C(=O)CSc1nnc(-c2ccncc2)n1Cc1ccccc1. The summed E-state index contributed by atoms with van der Waals surface area (Å²) in [7, 11) is 0. The zero-order chi connectivity index (χ0) is 24.0. The lowest BCUT2D eigenvalue weighted by molar-refractivity contribution is -0.128. The highest BCUT2D eigenvalue weighted by Crippen LogP contribution is 2.33. The molecule has 0 aliphatic carbocycles. The molecule has 0 N–H and O–H groups in total. The van der Waals surface area contributed by atoms with Gasteiger partial charge in [-0.25, -0.2) is 0 Å². The topological polar surface area (TPSA) is 82.4 Å². The third-order valence-electron chi connectivity index (χ3n) is 5.71. The fourth-order valence-electron chi connectivity index (χ4n) is 3.87. The van der Waals surface area contributed by atoms with E-state index in [-0.39, 0.29) is 18.5 Å². The van der Waals surface area contributed by atoms with Crippen LogP contribution >= 0.6 is 11.8 Å². The lowest BCUT2D eigenvalue weighted by Crippen LogP contribution is -2.31. The van der Waals surface area contributed by atoms with Gasteiger partial charge < -0.3 is 14.4 Å². The summed E-state index contributed by atoms with van der Waals surface area (Å²) in [6.07, 6.45) is 3.48. The van der Waals surface area contributed by atoms with Crippen LogP contribution in [-0.2, 0) is 17.9 Å². The minimum atomic E-state index is 0.0369. The van der Waals surface area contributed by atoms with Gasteiger partial charge in [-0.15, -0.1) is 10.2 Å². The van der Waals surface area contributed by atoms with Crippen LogP contribution in [0.2, 0.25) is 0 Å². The number of benzene rings is 2. The van der Waals surface area contributed by atoms with E-state index in [4.69, 9.17) is 9.47 Å². The van der Waals surface area contributed by atoms with E-state index in [9.17, 15) is 4.79 Å². The molecule has 0 atom stereocenters. The van der Waals surface area contributed by atoms with E-state index in [1.54, 1.807) is 12.4 Å². The molecular weight excluding hydrogens is 462 g/mol. The number of aromatic nitrogens is 4. The summed E-state index contributed by atoms with van der Waals surface area (Å²) >= 11 is 1.40. The van der Waals surface area contributed by atoms with E-state index >= 15 is 0 Å². The second-order valence-corrected chi connectivity index (χ2v) is 8.94. The molecule has 4 aromatic rings. The van der Waals surface area contributed by atoms with Gasteiger partial charge in [0, 0.05) is 31.0 Å². The lowest BCUT2D eigenvalue weighted by atomic mass is 10.2. The molecule has 3 heterocycles. The number of nitrogens with zero attached hydrogens (tertiary/aromatic N) is 5. The minimum absolute atomic E-state index is 0.0369. The molecule has 5 rings (SSSR count). The van der Waals surface area contributed by atoms with Gasteiger partial charge in [-0.2, -0.15) is 0 Å². The van der Waals surface area contributed by atoms with Gasteiger partial charge in [0.1, 0.15) is 0 Å². The first kappa shape index (κ1) is 22.9. The van der Waals surface area contributed by atoms with Crippen molar-refractivity contribution in [3.05, 3.63) is 84.2 Å². The number of thioether (sulfide) groups is 1. The summed E-state index contributed by atoms with van der Waals surface area (Å²) in [4.78, 5) is 19.0. The Morgan fingerprint density at radius 1 is 1.00 bits per heavy atom. The monoisotopic (exact) mass is 487 g/mol. The molecule has 0 fully saturated rings. The average Bonchev–Trinajstić information content (AvgIpc) is 3.53. The molecule has 0 spiro atoms. The summed E-state index contributed by atoms with van der Waals surface area (Å²) < 4.78 is 12.9. The molecule has 0 saturated carbocycles. The molecule has 0 saturated heterocycles. The number of hydrogen-bond acceptors (Lipinski definition) is 7. The number of amides is 1. The maximum absolute atomic E-state index is 13.1. The Bertz CT molecular complexity index is 1300. The first-order valence-electron chi connectivity index (χ1n) is 11.4. The second-order valence-electron chi connectivity index (χ2n) is 8.00. The quantitative estimate of drug-likeness (QED) is 0.326. The summed E-state index contributed by atoms with van der Waals surface area (Å²) in [5.41, 5.74) is 3.06. The van der Waals surface area contributed by atoms with Crippen LogP contribution in [0.25, 0.3) is 11.4 Å². The first-order chi connectivity index (χ1) is 17.2. The van der Waals surface area contributed by atoms with Crippen molar-refractivity contribution in [2.45, 2.75) is 25.2 Å². The maximum Gasteiger partial charge on any atom is 0.233 e. The summed E-state index contributed by atoms with van der Waals surface area (Å²) in [5, 5.41) is 9.57. The van der Waals surface area contributed by atoms with Gasteiger partial charge in [0.15, 0.2) is 22.5 Å². The molecule has 1 aliphatic heterocycles. The number of pyridine rings is 1. The third kappa shape index (κ3) is 5.30. The van der Waals surface area contributed by atoms with E-state index in [0.717, 1.165) is 34.0 Å². The number of fused-ring (bicyclic) bond motifs is 1. The van der Waals surface area contributed by atoms with Crippen molar-refractivity contribution in [2.24, 2.45) is 0 Å². The maximum atomic E-state index is 13.1. The van der Waals surface area contributed by atoms with Crippen LogP contribution in [0.1, 0.15) is 18.1 Å². The van der Waals surface area contributed by atoms with Crippen molar-refractivity contribution in [2.75, 3.05) is 19.1 Å². The minimum Gasteiger partial charge on any atom is -0.454 e. The smallest absolute Gasteiger partial charge is 0.233 e. The highest BCUT2D eigenvalue weighted by atomic mass is 32.2. The van der Waals surface area contributed by atoms with E-state index in [0.29, 0.717) is 24.8 Å². The lowest BCUT2D eigenvalue weighted by Gasteiger charge is -2.21. The molecule has 1 aliphatic rings. The molecule has 0 bridgehead atoms. The Morgan fingerprint density at radius 2 is 1.80 bits per heavy atom. The molecule has 178 valence electrons. The van der Waals surface area contributed by atoms with E-state index < -0.39 is 0 Å². The standard InChI is InChI=1S/C26H25N5O3S/c1-2-30(15-20-8-9-22-23(14-20)34-18-33-22)24(32)17-35-26-29-28-25(21-10-12-27-13-11-21)31(26)16-19-6-4-3-5-7-19/h3-14H,2,15-18H2,1H3. The highest BCUT2D eigenvalue weighted by molar-refractivity contribution is 7.99. The number of ether oxygens (including phenoxy) is 2. The van der Waals surface area contributed by atoms with Crippen LogP contribution in [0.3, 0.4) is 0 Å². The van der Waals surface area contributed by atoms with Crippen LogP contribution < -0.4 is 9.47 Å². The Kier molecular flexibility index (Phi) is 6.94. The van der Waals surface area contributed by atoms with Crippen LogP contribution in [0, 0.1) is 0 Å². The largest absolute Gasteiger partial charge is 0.454 e. The molecular formula is C26H25N5O3S. The Morgan fingerprint density at radius 3 is 2.60 bits per heavy atom. The Labute approximate surface area is 207 Å². The van der Waals surface area contributed by atoms with Gasteiger partial charge in [0.2, 0.25) is 12.7 Å². The number of carbonyl (C=O) groups is 1. The zero-order valence-corrected chi connectivity index (χ0v) is 20.1. The van der Waals surface area contributed by atoms with Crippen LogP contribution in [-0.4, -0.2) is 49.6 Å². The van der Waals surface area contributed by atoms with Crippen LogP contribution in [0.15, 0.2) is 78.2 Å². The van der Waals surface area contributed by atoms with Gasteiger partial charge >= 0.3 is 0 Å². The normalized spacial score (nSPS) is 12.0. The molecule has 2 aromatic carbocycles. The molecule has 1 amide bonds. The van der Waals surface area contributed by atoms with Crippen LogP contribution in [0.4, 0.5) is 0 Å². The van der Waals surface area contributed by atoms with Gasteiger partial charge in [0.25, 0.3) is 0 Å². The first-order valence-corrected chi connectivity index (χ1v) is 12.4. The third-order valence-corrected chi connectivity index (χ3v) is 6.66. The van der Waals surface area contributed by atoms with Crippen molar-refractivity contribution in [1.29, 1.82) is 0 Å².